The molecule has 0 saturated heterocycles. The summed E-state index contributed by atoms with van der Waals surface area (Å²) >= 11 is 1.26. The van der Waals surface area contributed by atoms with E-state index in [0.29, 0.717) is 10.1 Å². The Morgan fingerprint density at radius 3 is 2.83 bits per heavy atom. The van der Waals surface area contributed by atoms with Crippen LogP contribution in [0.15, 0.2) is 40.6 Å². The van der Waals surface area contributed by atoms with Crippen LogP contribution in [0.5, 0.6) is 0 Å². The van der Waals surface area contributed by atoms with Gasteiger partial charge in [-0.1, -0.05) is 11.8 Å². The first-order valence-electron chi connectivity index (χ1n) is 5.04. The minimum Gasteiger partial charge on any atom is -0.339 e. The summed E-state index contributed by atoms with van der Waals surface area (Å²) in [7, 11) is 0. The maximum atomic E-state index is 11.3. The highest BCUT2D eigenvalue weighted by molar-refractivity contribution is 7.99. The predicted molar refractivity (Wildman–Crippen MR) is 65.8 cm³/mol. The van der Waals surface area contributed by atoms with Gasteiger partial charge in [0.05, 0.1) is 10.5 Å². The van der Waals surface area contributed by atoms with E-state index in [9.17, 15) is 14.9 Å². The number of carbonyl (C=O) groups is 1. The molecule has 1 N–H and O–H groups in total. The van der Waals surface area contributed by atoms with Gasteiger partial charge in [-0.15, -0.1) is 0 Å². The normalized spacial score (nSPS) is 10.3. The van der Waals surface area contributed by atoms with Crippen LogP contribution in [0.3, 0.4) is 0 Å². The van der Waals surface area contributed by atoms with Gasteiger partial charge in [0.15, 0.2) is 10.9 Å². The Morgan fingerprint density at radius 1 is 1.50 bits per heavy atom. The second kappa shape index (κ2) is 5.01. The van der Waals surface area contributed by atoms with Crippen LogP contribution < -0.4 is 0 Å². The number of benzene rings is 1. The number of imidazole rings is 1. The van der Waals surface area contributed by atoms with E-state index in [4.69, 9.17) is 0 Å². The van der Waals surface area contributed by atoms with Gasteiger partial charge in [0.2, 0.25) is 0 Å². The molecule has 18 heavy (non-hydrogen) atoms. The van der Waals surface area contributed by atoms with Crippen LogP contribution in [0.25, 0.3) is 0 Å². The molecule has 2 aromatic rings. The second-order valence-electron chi connectivity index (χ2n) is 3.49. The number of nitro benzene ring substituents is 1. The molecule has 0 aliphatic rings. The van der Waals surface area contributed by atoms with Crippen molar-refractivity contribution in [1.82, 2.24) is 9.97 Å². The summed E-state index contributed by atoms with van der Waals surface area (Å²) in [6.07, 6.45) is 3.27. The SMILES string of the molecule is CC(=O)c1ccc(Sc2ncc[nH]2)cc1[N+](=O)[O-]. The number of nitrogens with one attached hydrogen (secondary N) is 1. The summed E-state index contributed by atoms with van der Waals surface area (Å²) < 4.78 is 0. The van der Waals surface area contributed by atoms with Gasteiger partial charge < -0.3 is 4.98 Å². The molecule has 92 valence electrons. The zero-order valence-corrected chi connectivity index (χ0v) is 10.2. The molecular formula is C11H9N3O3S. The zero-order valence-electron chi connectivity index (χ0n) is 9.41. The number of ketones is 1. The van der Waals surface area contributed by atoms with E-state index in [-0.39, 0.29) is 17.0 Å². The summed E-state index contributed by atoms with van der Waals surface area (Å²) in [6.45, 7) is 1.31. The number of nitro groups is 1. The Morgan fingerprint density at radius 2 is 2.28 bits per heavy atom. The number of hydrogen-bond acceptors (Lipinski definition) is 5. The van der Waals surface area contributed by atoms with E-state index in [0.717, 1.165) is 0 Å². The van der Waals surface area contributed by atoms with Gasteiger partial charge in [-0.3, -0.25) is 14.9 Å². The number of carbonyl (C=O) groups excluding carboxylic acids is 1. The van der Waals surface area contributed by atoms with Crippen molar-refractivity contribution >= 4 is 23.2 Å². The number of aromatic nitrogens is 2. The Bertz CT molecular complexity index is 596. The smallest absolute Gasteiger partial charge is 0.281 e. The van der Waals surface area contributed by atoms with Crippen molar-refractivity contribution in [1.29, 1.82) is 0 Å². The highest BCUT2D eigenvalue weighted by Gasteiger charge is 2.18. The van der Waals surface area contributed by atoms with Crippen LogP contribution in [-0.2, 0) is 0 Å². The van der Waals surface area contributed by atoms with E-state index >= 15 is 0 Å². The minimum absolute atomic E-state index is 0.115. The largest absolute Gasteiger partial charge is 0.339 e. The fraction of sp³-hybridized carbons (Fsp3) is 0.0909. The highest BCUT2D eigenvalue weighted by atomic mass is 32.2. The molecule has 1 heterocycles. The third-order valence-corrected chi connectivity index (χ3v) is 3.14. The van der Waals surface area contributed by atoms with Gasteiger partial charge in [-0.05, 0) is 19.1 Å². The van der Waals surface area contributed by atoms with E-state index < -0.39 is 4.92 Å². The molecule has 0 atom stereocenters. The van der Waals surface area contributed by atoms with Crippen molar-refractivity contribution in [3.05, 3.63) is 46.3 Å². The number of nitrogens with zero attached hydrogens (tertiary/aromatic N) is 2. The number of rotatable bonds is 4. The molecule has 0 spiro atoms. The van der Waals surface area contributed by atoms with Crippen LogP contribution in [0.2, 0.25) is 0 Å². The maximum absolute atomic E-state index is 11.3. The van der Waals surface area contributed by atoms with Crippen molar-refractivity contribution in [2.75, 3.05) is 0 Å². The molecule has 0 bridgehead atoms. The Balaban J connectivity index is 2.37. The fourth-order valence-electron chi connectivity index (χ4n) is 1.44. The molecule has 0 saturated carbocycles. The maximum Gasteiger partial charge on any atom is 0.281 e. The highest BCUT2D eigenvalue weighted by Crippen LogP contribution is 2.30. The molecule has 0 amide bonds. The summed E-state index contributed by atoms with van der Waals surface area (Å²) in [5.74, 6) is -0.323. The number of H-pyrrole nitrogens is 1. The Hall–Kier alpha value is -2.15. The van der Waals surface area contributed by atoms with Gasteiger partial charge >= 0.3 is 0 Å². The Kier molecular flexibility index (Phi) is 3.42. The van der Waals surface area contributed by atoms with Gasteiger partial charge in [0.1, 0.15) is 0 Å². The third kappa shape index (κ3) is 2.57. The van der Waals surface area contributed by atoms with Crippen LogP contribution in [0.4, 0.5) is 5.69 Å². The molecule has 0 fully saturated rings. The molecule has 2 rings (SSSR count). The number of aromatic amines is 1. The number of Topliss-reactive ketones (excluding diaryl/α,β-unsaturated/α-hetero) is 1. The molecule has 0 radical (unpaired) electrons. The molecular weight excluding hydrogens is 254 g/mol. The first-order chi connectivity index (χ1) is 8.58. The Labute approximate surface area is 107 Å². The van der Waals surface area contributed by atoms with Crippen molar-refractivity contribution in [3.8, 4) is 0 Å². The first-order valence-corrected chi connectivity index (χ1v) is 5.86. The lowest BCUT2D eigenvalue weighted by Gasteiger charge is -2.02. The van der Waals surface area contributed by atoms with E-state index in [1.54, 1.807) is 18.5 Å². The summed E-state index contributed by atoms with van der Waals surface area (Å²) in [6, 6.07) is 4.51. The standard InChI is InChI=1S/C11H9N3O3S/c1-7(15)9-3-2-8(6-10(9)14(16)17)18-11-12-4-5-13-11/h2-6H,1H3,(H,12,13). The first kappa shape index (κ1) is 12.3. The second-order valence-corrected chi connectivity index (χ2v) is 4.55. The lowest BCUT2D eigenvalue weighted by Crippen LogP contribution is -2.00. The summed E-state index contributed by atoms with van der Waals surface area (Å²) in [4.78, 5) is 29.2. The van der Waals surface area contributed by atoms with Gasteiger partial charge in [0, 0.05) is 23.4 Å². The van der Waals surface area contributed by atoms with Gasteiger partial charge in [-0.2, -0.15) is 0 Å². The lowest BCUT2D eigenvalue weighted by molar-refractivity contribution is -0.385. The van der Waals surface area contributed by atoms with E-state index in [2.05, 4.69) is 9.97 Å². The van der Waals surface area contributed by atoms with Crippen LogP contribution in [0.1, 0.15) is 17.3 Å². The third-order valence-electron chi connectivity index (χ3n) is 2.23. The average Bonchev–Trinajstić information content (AvgIpc) is 2.81. The number of hydrogen-bond donors (Lipinski definition) is 1. The average molecular weight is 263 g/mol. The molecule has 6 nitrogen and oxygen atoms in total. The van der Waals surface area contributed by atoms with E-state index in [1.165, 1.54) is 30.8 Å². The molecule has 7 heteroatoms. The predicted octanol–water partition coefficient (Wildman–Crippen LogP) is 2.67. The minimum atomic E-state index is -0.553. The topological polar surface area (TPSA) is 88.9 Å². The summed E-state index contributed by atoms with van der Waals surface area (Å²) in [5, 5.41) is 11.5. The molecule has 1 aromatic heterocycles. The zero-order chi connectivity index (χ0) is 13.1. The molecule has 0 aliphatic carbocycles. The van der Waals surface area contributed by atoms with Crippen LogP contribution >= 0.6 is 11.8 Å². The molecule has 1 aromatic carbocycles. The fourth-order valence-corrected chi connectivity index (χ4v) is 2.21. The quantitative estimate of drug-likeness (QED) is 0.520. The van der Waals surface area contributed by atoms with Crippen molar-refractivity contribution in [2.24, 2.45) is 0 Å². The van der Waals surface area contributed by atoms with Crippen molar-refractivity contribution < 1.29 is 9.72 Å². The molecule has 0 unspecified atom stereocenters. The van der Waals surface area contributed by atoms with Crippen molar-refractivity contribution in [2.45, 2.75) is 17.0 Å². The molecule has 0 aliphatic heterocycles. The monoisotopic (exact) mass is 263 g/mol. The van der Waals surface area contributed by atoms with Gasteiger partial charge in [-0.25, -0.2) is 4.98 Å². The van der Waals surface area contributed by atoms with E-state index in [1.807, 2.05) is 0 Å². The van der Waals surface area contributed by atoms with Crippen molar-refractivity contribution in [3.63, 3.8) is 0 Å². The van der Waals surface area contributed by atoms with Crippen LogP contribution in [-0.4, -0.2) is 20.7 Å². The summed E-state index contributed by atoms with van der Waals surface area (Å²) in [5.41, 5.74) is -0.0668. The van der Waals surface area contributed by atoms with Gasteiger partial charge in [0.25, 0.3) is 5.69 Å². The van der Waals surface area contributed by atoms with Crippen LogP contribution in [0, 0.1) is 10.1 Å². The lowest BCUT2D eigenvalue weighted by atomic mass is 10.1.